The summed E-state index contributed by atoms with van der Waals surface area (Å²) in [5.41, 5.74) is 3.19. The molecule has 1 aromatic carbocycles. The van der Waals surface area contributed by atoms with Crippen LogP contribution < -0.4 is 0 Å². The van der Waals surface area contributed by atoms with Gasteiger partial charge in [-0.3, -0.25) is 4.99 Å². The molecule has 1 atom stereocenters. The highest BCUT2D eigenvalue weighted by Gasteiger charge is 2.14. The standard InChI is InChI=1S/C16H21NO2/c1-12-7-5-6-8-14(12)13(2)11-15(17-3)16(18)9-10-19-4/h5-9,15,18H,2-3,10-11H2,1,4H3/b16-9-. The molecule has 1 aromatic rings. The summed E-state index contributed by atoms with van der Waals surface area (Å²) in [6.45, 7) is 10.0. The zero-order chi connectivity index (χ0) is 14.3. The van der Waals surface area contributed by atoms with Crippen molar-refractivity contribution < 1.29 is 9.84 Å². The third-order valence-corrected chi connectivity index (χ3v) is 2.99. The fourth-order valence-electron chi connectivity index (χ4n) is 1.88. The van der Waals surface area contributed by atoms with E-state index in [0.717, 1.165) is 16.7 Å². The van der Waals surface area contributed by atoms with Gasteiger partial charge < -0.3 is 9.84 Å². The van der Waals surface area contributed by atoms with Gasteiger partial charge in [0, 0.05) is 13.5 Å². The van der Waals surface area contributed by atoms with Crippen molar-refractivity contribution in [1.82, 2.24) is 0 Å². The van der Waals surface area contributed by atoms with Gasteiger partial charge in [-0.1, -0.05) is 30.8 Å². The SMILES string of the molecule is C=NC(CC(=C)c1ccccc1C)/C(O)=C/COC. The average Bonchev–Trinajstić information content (AvgIpc) is 2.42. The number of hydrogen-bond donors (Lipinski definition) is 1. The van der Waals surface area contributed by atoms with Gasteiger partial charge in [0.15, 0.2) is 0 Å². The molecular weight excluding hydrogens is 238 g/mol. The minimum absolute atomic E-state index is 0.173. The second-order valence-electron chi connectivity index (χ2n) is 4.41. The fourth-order valence-corrected chi connectivity index (χ4v) is 1.88. The molecular formula is C16H21NO2. The number of nitrogens with zero attached hydrogens (tertiary/aromatic N) is 1. The molecule has 0 aliphatic carbocycles. The van der Waals surface area contributed by atoms with Crippen LogP contribution in [0.25, 0.3) is 5.57 Å². The van der Waals surface area contributed by atoms with Crippen LogP contribution in [0.5, 0.6) is 0 Å². The third kappa shape index (κ3) is 4.38. The molecule has 1 N–H and O–H groups in total. The Morgan fingerprint density at radius 1 is 1.47 bits per heavy atom. The molecule has 3 nitrogen and oxygen atoms in total. The number of ether oxygens (including phenoxy) is 1. The quantitative estimate of drug-likeness (QED) is 0.601. The average molecular weight is 259 g/mol. The van der Waals surface area contributed by atoms with E-state index >= 15 is 0 Å². The van der Waals surface area contributed by atoms with Crippen LogP contribution in [0.3, 0.4) is 0 Å². The van der Waals surface area contributed by atoms with E-state index in [2.05, 4.69) is 18.3 Å². The van der Waals surface area contributed by atoms with Crippen molar-refractivity contribution in [3.8, 4) is 0 Å². The lowest BCUT2D eigenvalue weighted by Gasteiger charge is -2.15. The number of hydrogen-bond acceptors (Lipinski definition) is 3. The highest BCUT2D eigenvalue weighted by atomic mass is 16.5. The number of aryl methyl sites for hydroxylation is 1. The molecule has 0 aliphatic rings. The van der Waals surface area contributed by atoms with Crippen LogP contribution in [0, 0.1) is 6.92 Å². The van der Waals surface area contributed by atoms with Crippen molar-refractivity contribution in [2.45, 2.75) is 19.4 Å². The molecule has 0 aliphatic heterocycles. The topological polar surface area (TPSA) is 41.8 Å². The smallest absolute Gasteiger partial charge is 0.115 e. The largest absolute Gasteiger partial charge is 0.510 e. The molecule has 0 aromatic heterocycles. The van der Waals surface area contributed by atoms with Crippen LogP contribution in [0.1, 0.15) is 17.5 Å². The van der Waals surface area contributed by atoms with Crippen LogP contribution in [0.15, 0.2) is 47.7 Å². The monoisotopic (exact) mass is 259 g/mol. The van der Waals surface area contributed by atoms with Crippen molar-refractivity contribution in [3.05, 3.63) is 53.8 Å². The summed E-state index contributed by atoms with van der Waals surface area (Å²) in [5, 5.41) is 9.91. The summed E-state index contributed by atoms with van der Waals surface area (Å²) >= 11 is 0. The van der Waals surface area contributed by atoms with E-state index < -0.39 is 0 Å². The second kappa shape index (κ2) is 7.54. The number of rotatable bonds is 7. The first-order chi connectivity index (χ1) is 9.10. The van der Waals surface area contributed by atoms with E-state index in [-0.39, 0.29) is 11.8 Å². The lowest BCUT2D eigenvalue weighted by atomic mass is 9.96. The Morgan fingerprint density at radius 3 is 2.74 bits per heavy atom. The van der Waals surface area contributed by atoms with Gasteiger partial charge in [0.2, 0.25) is 0 Å². The van der Waals surface area contributed by atoms with Crippen molar-refractivity contribution in [1.29, 1.82) is 0 Å². The van der Waals surface area contributed by atoms with Crippen LogP contribution >= 0.6 is 0 Å². The van der Waals surface area contributed by atoms with Gasteiger partial charge in [-0.25, -0.2) is 0 Å². The Balaban J connectivity index is 2.79. The van der Waals surface area contributed by atoms with Crippen molar-refractivity contribution >= 4 is 12.3 Å². The molecule has 1 unspecified atom stereocenters. The molecule has 102 valence electrons. The predicted octanol–water partition coefficient (Wildman–Crippen LogP) is 3.56. The van der Waals surface area contributed by atoms with Gasteiger partial charge >= 0.3 is 0 Å². The summed E-state index contributed by atoms with van der Waals surface area (Å²) < 4.78 is 4.89. The molecule has 0 amide bonds. The first-order valence-corrected chi connectivity index (χ1v) is 6.17. The summed E-state index contributed by atoms with van der Waals surface area (Å²) in [6.07, 6.45) is 2.14. The highest BCUT2D eigenvalue weighted by Crippen LogP contribution is 2.24. The van der Waals surface area contributed by atoms with E-state index in [0.29, 0.717) is 13.0 Å². The molecule has 0 bridgehead atoms. The number of aliphatic hydroxyl groups excluding tert-OH is 1. The van der Waals surface area contributed by atoms with E-state index in [9.17, 15) is 5.11 Å². The highest BCUT2D eigenvalue weighted by molar-refractivity contribution is 5.67. The van der Waals surface area contributed by atoms with Gasteiger partial charge in [0.1, 0.15) is 11.8 Å². The van der Waals surface area contributed by atoms with Crippen molar-refractivity contribution in [3.63, 3.8) is 0 Å². The first-order valence-electron chi connectivity index (χ1n) is 6.17. The minimum Gasteiger partial charge on any atom is -0.510 e. The van der Waals surface area contributed by atoms with Crippen molar-refractivity contribution in [2.24, 2.45) is 4.99 Å². The Bertz CT molecular complexity index is 477. The maximum atomic E-state index is 9.91. The van der Waals surface area contributed by atoms with E-state index in [1.807, 2.05) is 31.2 Å². The van der Waals surface area contributed by atoms with E-state index in [1.165, 1.54) is 0 Å². The van der Waals surface area contributed by atoms with Gasteiger partial charge in [-0.05, 0) is 36.4 Å². The molecule has 0 radical (unpaired) electrons. The molecule has 3 heteroatoms. The maximum absolute atomic E-state index is 9.91. The zero-order valence-electron chi connectivity index (χ0n) is 11.6. The van der Waals surface area contributed by atoms with Gasteiger partial charge in [-0.15, -0.1) is 0 Å². The van der Waals surface area contributed by atoms with E-state index in [4.69, 9.17) is 4.74 Å². The van der Waals surface area contributed by atoms with Crippen LogP contribution in [0.4, 0.5) is 0 Å². The Morgan fingerprint density at radius 2 is 2.16 bits per heavy atom. The van der Waals surface area contributed by atoms with Crippen LogP contribution in [0.2, 0.25) is 0 Å². The number of benzene rings is 1. The molecule has 0 spiro atoms. The Hall–Kier alpha value is -1.87. The maximum Gasteiger partial charge on any atom is 0.115 e. The molecule has 0 saturated carbocycles. The summed E-state index contributed by atoms with van der Waals surface area (Å²) in [5.74, 6) is 0.173. The minimum atomic E-state index is -0.373. The lowest BCUT2D eigenvalue weighted by molar-refractivity contribution is 0.227. The number of aliphatic hydroxyl groups is 1. The summed E-state index contributed by atoms with van der Waals surface area (Å²) in [7, 11) is 1.58. The zero-order valence-corrected chi connectivity index (χ0v) is 11.6. The first kappa shape index (κ1) is 15.2. The molecule has 19 heavy (non-hydrogen) atoms. The summed E-state index contributed by atoms with van der Waals surface area (Å²) in [6, 6.07) is 7.66. The molecule has 0 fully saturated rings. The normalized spacial score (nSPS) is 13.1. The van der Waals surface area contributed by atoms with Crippen molar-refractivity contribution in [2.75, 3.05) is 13.7 Å². The third-order valence-electron chi connectivity index (χ3n) is 2.99. The second-order valence-corrected chi connectivity index (χ2v) is 4.41. The fraction of sp³-hybridized carbons (Fsp3) is 0.312. The van der Waals surface area contributed by atoms with E-state index in [1.54, 1.807) is 13.2 Å². The lowest BCUT2D eigenvalue weighted by Crippen LogP contribution is -2.10. The number of aliphatic imine (C=N–C) groups is 1. The van der Waals surface area contributed by atoms with Crippen LogP contribution in [-0.4, -0.2) is 31.6 Å². The number of methoxy groups -OCH3 is 1. The van der Waals surface area contributed by atoms with Gasteiger partial charge in [0.05, 0.1) is 6.61 Å². The van der Waals surface area contributed by atoms with Crippen LogP contribution in [-0.2, 0) is 4.74 Å². The molecule has 1 rings (SSSR count). The van der Waals surface area contributed by atoms with Gasteiger partial charge in [0.25, 0.3) is 0 Å². The molecule has 0 saturated heterocycles. The summed E-state index contributed by atoms with van der Waals surface area (Å²) in [4.78, 5) is 3.95. The molecule has 0 heterocycles. The Labute approximate surface area is 115 Å². The van der Waals surface area contributed by atoms with Gasteiger partial charge in [-0.2, -0.15) is 0 Å². The predicted molar refractivity (Wildman–Crippen MR) is 80.8 cm³/mol. The Kier molecular flexibility index (Phi) is 6.03.